The molecular formula is C13H15N5O2. The molecule has 0 radical (unpaired) electrons. The van der Waals surface area contributed by atoms with Crippen LogP contribution in [0.3, 0.4) is 0 Å². The molecule has 104 valence electrons. The van der Waals surface area contributed by atoms with E-state index in [4.69, 9.17) is 5.73 Å². The van der Waals surface area contributed by atoms with Crippen molar-refractivity contribution in [2.24, 2.45) is 5.73 Å². The summed E-state index contributed by atoms with van der Waals surface area (Å²) in [4.78, 5) is 20.0. The van der Waals surface area contributed by atoms with Gasteiger partial charge in [0.05, 0.1) is 4.92 Å². The lowest BCUT2D eigenvalue weighted by molar-refractivity contribution is -0.385. The summed E-state index contributed by atoms with van der Waals surface area (Å²) < 4.78 is 0. The van der Waals surface area contributed by atoms with Crippen molar-refractivity contribution in [3.05, 3.63) is 58.4 Å². The fourth-order valence-electron chi connectivity index (χ4n) is 1.78. The summed E-state index contributed by atoms with van der Waals surface area (Å²) in [6, 6.07) is 9.84. The first-order valence-corrected chi connectivity index (χ1v) is 6.16. The first kappa shape index (κ1) is 13.9. The van der Waals surface area contributed by atoms with Crippen molar-refractivity contribution in [3.8, 4) is 0 Å². The van der Waals surface area contributed by atoms with Crippen molar-refractivity contribution in [2.75, 3.05) is 18.0 Å². The Morgan fingerprint density at radius 3 is 2.40 bits per heavy atom. The van der Waals surface area contributed by atoms with Gasteiger partial charge < -0.3 is 10.6 Å². The molecule has 0 saturated carbocycles. The van der Waals surface area contributed by atoms with Crippen LogP contribution in [-0.2, 0) is 6.54 Å². The van der Waals surface area contributed by atoms with Gasteiger partial charge in [-0.05, 0) is 5.56 Å². The molecule has 0 amide bonds. The zero-order valence-electron chi connectivity index (χ0n) is 10.8. The number of aromatic nitrogens is 2. The first-order valence-electron chi connectivity index (χ1n) is 6.16. The van der Waals surface area contributed by atoms with Gasteiger partial charge in [0.2, 0.25) is 5.95 Å². The van der Waals surface area contributed by atoms with Crippen LogP contribution in [0.25, 0.3) is 0 Å². The number of hydrogen-bond acceptors (Lipinski definition) is 6. The monoisotopic (exact) mass is 273 g/mol. The van der Waals surface area contributed by atoms with Crippen LogP contribution in [0.5, 0.6) is 0 Å². The second-order valence-electron chi connectivity index (χ2n) is 4.19. The van der Waals surface area contributed by atoms with Gasteiger partial charge in [-0.25, -0.2) is 9.97 Å². The summed E-state index contributed by atoms with van der Waals surface area (Å²) in [6.45, 7) is 1.63. The summed E-state index contributed by atoms with van der Waals surface area (Å²) in [5.74, 6) is 0.435. The fraction of sp³-hybridized carbons (Fsp3) is 0.231. The molecule has 0 aliphatic rings. The number of nitro groups is 1. The molecule has 0 aliphatic carbocycles. The van der Waals surface area contributed by atoms with E-state index in [0.29, 0.717) is 25.6 Å². The second kappa shape index (κ2) is 6.58. The minimum atomic E-state index is -0.520. The van der Waals surface area contributed by atoms with Crippen LogP contribution >= 0.6 is 0 Å². The highest BCUT2D eigenvalue weighted by atomic mass is 16.6. The number of anilines is 1. The summed E-state index contributed by atoms with van der Waals surface area (Å²) in [6.07, 6.45) is 2.41. The van der Waals surface area contributed by atoms with Crippen molar-refractivity contribution < 1.29 is 4.92 Å². The van der Waals surface area contributed by atoms with Crippen molar-refractivity contribution in [1.29, 1.82) is 0 Å². The zero-order valence-corrected chi connectivity index (χ0v) is 10.8. The Bertz CT molecular complexity index is 559. The van der Waals surface area contributed by atoms with Gasteiger partial charge in [0.25, 0.3) is 0 Å². The molecule has 7 nitrogen and oxygen atoms in total. The van der Waals surface area contributed by atoms with E-state index < -0.39 is 4.92 Å². The number of nitrogens with two attached hydrogens (primary N) is 1. The van der Waals surface area contributed by atoms with Gasteiger partial charge in [-0.1, -0.05) is 30.3 Å². The van der Waals surface area contributed by atoms with E-state index in [1.165, 1.54) is 12.4 Å². The maximum atomic E-state index is 10.6. The lowest BCUT2D eigenvalue weighted by Crippen LogP contribution is -2.30. The van der Waals surface area contributed by atoms with Crippen molar-refractivity contribution in [3.63, 3.8) is 0 Å². The number of hydrogen-bond donors (Lipinski definition) is 1. The Kier molecular flexibility index (Phi) is 4.56. The molecule has 2 N–H and O–H groups in total. The van der Waals surface area contributed by atoms with Gasteiger partial charge in [-0.2, -0.15) is 0 Å². The van der Waals surface area contributed by atoms with Gasteiger partial charge in [-0.3, -0.25) is 10.1 Å². The third-order valence-electron chi connectivity index (χ3n) is 2.73. The van der Waals surface area contributed by atoms with E-state index in [1.54, 1.807) is 0 Å². The van der Waals surface area contributed by atoms with E-state index >= 15 is 0 Å². The molecule has 0 atom stereocenters. The molecule has 2 rings (SSSR count). The molecule has 0 aliphatic heterocycles. The summed E-state index contributed by atoms with van der Waals surface area (Å²) in [5, 5.41) is 10.6. The predicted molar refractivity (Wildman–Crippen MR) is 75.2 cm³/mol. The van der Waals surface area contributed by atoms with Crippen molar-refractivity contribution >= 4 is 11.6 Å². The van der Waals surface area contributed by atoms with Gasteiger partial charge in [0, 0.05) is 19.6 Å². The maximum absolute atomic E-state index is 10.6. The fourth-order valence-corrected chi connectivity index (χ4v) is 1.78. The Balaban J connectivity index is 2.17. The summed E-state index contributed by atoms with van der Waals surface area (Å²) in [5.41, 5.74) is 6.57. The highest BCUT2D eigenvalue weighted by Crippen LogP contribution is 2.14. The van der Waals surface area contributed by atoms with Gasteiger partial charge in [-0.15, -0.1) is 0 Å². The molecule has 1 aromatic carbocycles. The van der Waals surface area contributed by atoms with Gasteiger partial charge >= 0.3 is 5.69 Å². The first-order chi connectivity index (χ1) is 9.70. The number of nitrogens with zero attached hydrogens (tertiary/aromatic N) is 4. The molecule has 0 spiro atoms. The average Bonchev–Trinajstić information content (AvgIpc) is 2.48. The molecule has 0 saturated heterocycles. The van der Waals surface area contributed by atoms with E-state index in [2.05, 4.69) is 9.97 Å². The van der Waals surface area contributed by atoms with Gasteiger partial charge in [0.15, 0.2) is 0 Å². The van der Waals surface area contributed by atoms with Crippen LogP contribution in [0.15, 0.2) is 42.7 Å². The van der Waals surface area contributed by atoms with E-state index in [-0.39, 0.29) is 5.69 Å². The molecule has 2 aromatic rings. The molecule has 20 heavy (non-hydrogen) atoms. The number of rotatable bonds is 6. The third-order valence-corrected chi connectivity index (χ3v) is 2.73. The van der Waals surface area contributed by atoms with Gasteiger partial charge in [0.1, 0.15) is 12.4 Å². The van der Waals surface area contributed by atoms with Crippen molar-refractivity contribution in [2.45, 2.75) is 6.54 Å². The highest BCUT2D eigenvalue weighted by Gasteiger charge is 2.12. The lowest BCUT2D eigenvalue weighted by atomic mass is 10.2. The van der Waals surface area contributed by atoms with E-state index in [0.717, 1.165) is 5.56 Å². The molecule has 0 fully saturated rings. The normalized spacial score (nSPS) is 10.2. The van der Waals surface area contributed by atoms with Crippen LogP contribution in [-0.4, -0.2) is 28.0 Å². The maximum Gasteiger partial charge on any atom is 0.305 e. The topological polar surface area (TPSA) is 98.2 Å². The molecule has 1 aromatic heterocycles. The van der Waals surface area contributed by atoms with E-state index in [9.17, 15) is 10.1 Å². The SMILES string of the molecule is NCCN(Cc1ccccc1)c1ncc([N+](=O)[O-])cn1. The van der Waals surface area contributed by atoms with Crippen LogP contribution < -0.4 is 10.6 Å². The largest absolute Gasteiger partial charge is 0.335 e. The minimum Gasteiger partial charge on any atom is -0.335 e. The molecule has 0 bridgehead atoms. The standard InChI is InChI=1S/C13H15N5O2/c14-6-7-17(10-11-4-2-1-3-5-11)13-15-8-12(9-16-13)18(19)20/h1-5,8-9H,6-7,10,14H2. The Labute approximate surface area is 116 Å². The van der Waals surface area contributed by atoms with Crippen LogP contribution in [0.1, 0.15) is 5.56 Å². The second-order valence-corrected chi connectivity index (χ2v) is 4.19. The number of benzene rings is 1. The highest BCUT2D eigenvalue weighted by molar-refractivity contribution is 5.35. The molecule has 1 heterocycles. The third kappa shape index (κ3) is 3.48. The summed E-state index contributed by atoms with van der Waals surface area (Å²) >= 11 is 0. The predicted octanol–water partition coefficient (Wildman–Crippen LogP) is 1.35. The Morgan fingerprint density at radius 2 is 1.85 bits per heavy atom. The molecular weight excluding hydrogens is 258 g/mol. The van der Waals surface area contributed by atoms with Crippen LogP contribution in [0, 0.1) is 10.1 Å². The lowest BCUT2D eigenvalue weighted by Gasteiger charge is -2.21. The minimum absolute atomic E-state index is 0.124. The summed E-state index contributed by atoms with van der Waals surface area (Å²) in [7, 11) is 0. The molecule has 7 heteroatoms. The van der Waals surface area contributed by atoms with Crippen molar-refractivity contribution in [1.82, 2.24) is 9.97 Å². The zero-order chi connectivity index (χ0) is 14.4. The quantitative estimate of drug-likeness (QED) is 0.630. The smallest absolute Gasteiger partial charge is 0.305 e. The average molecular weight is 273 g/mol. The van der Waals surface area contributed by atoms with E-state index in [1.807, 2.05) is 35.2 Å². The molecule has 0 unspecified atom stereocenters. The Morgan fingerprint density at radius 1 is 1.20 bits per heavy atom. The van der Waals surface area contributed by atoms with Crippen LogP contribution in [0.4, 0.5) is 11.6 Å². The Hall–Kier alpha value is -2.54. The van der Waals surface area contributed by atoms with Crippen LogP contribution in [0.2, 0.25) is 0 Å².